The maximum Gasteiger partial charge on any atom is 0.136 e. The van der Waals surface area contributed by atoms with E-state index >= 15 is 0 Å². The Bertz CT molecular complexity index is 567. The normalized spacial score (nSPS) is 12.0. The lowest BCUT2D eigenvalue weighted by Gasteiger charge is -2.16. The topological polar surface area (TPSA) is 38.7 Å². The first-order chi connectivity index (χ1) is 9.11. The van der Waals surface area contributed by atoms with Gasteiger partial charge in [-0.15, -0.1) is 0 Å². The van der Waals surface area contributed by atoms with Crippen LogP contribution in [0.3, 0.4) is 0 Å². The Morgan fingerprint density at radius 2 is 1.79 bits per heavy atom. The van der Waals surface area contributed by atoms with E-state index in [-0.39, 0.29) is 0 Å². The van der Waals surface area contributed by atoms with Gasteiger partial charge < -0.3 is 14.6 Å². The predicted octanol–water partition coefficient (Wildman–Crippen LogP) is 4.15. The van der Waals surface area contributed by atoms with Crippen molar-refractivity contribution in [2.24, 2.45) is 0 Å². The quantitative estimate of drug-likeness (QED) is 0.822. The fraction of sp³-hybridized carbons (Fsp3) is 0.200. The van der Waals surface area contributed by atoms with Crippen molar-refractivity contribution in [2.45, 2.75) is 13.0 Å². The molecule has 0 radical (unpaired) electrons. The van der Waals surface area contributed by atoms with Gasteiger partial charge in [0, 0.05) is 3.57 Å². The van der Waals surface area contributed by atoms with E-state index in [1.54, 1.807) is 14.0 Å². The van der Waals surface area contributed by atoms with Crippen LogP contribution in [0, 0.1) is 3.57 Å². The molecule has 0 unspecified atom stereocenters. The van der Waals surface area contributed by atoms with Gasteiger partial charge in [0.15, 0.2) is 0 Å². The van der Waals surface area contributed by atoms with Gasteiger partial charge in [-0.2, -0.15) is 0 Å². The first-order valence-corrected chi connectivity index (χ1v) is 6.98. The first kappa shape index (κ1) is 14.1. The molecular formula is C15H15IO3. The Hall–Kier alpha value is -1.27. The molecule has 100 valence electrons. The Balaban J connectivity index is 2.39. The molecule has 0 heterocycles. The van der Waals surface area contributed by atoms with E-state index in [1.807, 2.05) is 42.5 Å². The lowest BCUT2D eigenvalue weighted by molar-refractivity contribution is 0.190. The molecule has 0 aliphatic heterocycles. The Morgan fingerprint density at radius 3 is 2.42 bits per heavy atom. The molecule has 0 aromatic heterocycles. The van der Waals surface area contributed by atoms with Crippen LogP contribution >= 0.6 is 22.6 Å². The number of rotatable bonds is 4. The summed E-state index contributed by atoms with van der Waals surface area (Å²) in [4.78, 5) is 0. The summed E-state index contributed by atoms with van der Waals surface area (Å²) >= 11 is 2.23. The lowest BCUT2D eigenvalue weighted by atomic mass is 10.1. The van der Waals surface area contributed by atoms with Crippen molar-refractivity contribution < 1.29 is 14.6 Å². The van der Waals surface area contributed by atoms with E-state index in [4.69, 9.17) is 9.47 Å². The van der Waals surface area contributed by atoms with E-state index in [2.05, 4.69) is 22.6 Å². The molecule has 1 atom stereocenters. The lowest BCUT2D eigenvalue weighted by Crippen LogP contribution is -2.00. The van der Waals surface area contributed by atoms with Gasteiger partial charge in [-0.25, -0.2) is 0 Å². The molecule has 19 heavy (non-hydrogen) atoms. The minimum absolute atomic E-state index is 0.608. The van der Waals surface area contributed by atoms with Crippen molar-refractivity contribution in [2.75, 3.05) is 7.11 Å². The molecule has 0 aliphatic carbocycles. The predicted molar refractivity (Wildman–Crippen MR) is 82.9 cm³/mol. The number of hydrogen-bond acceptors (Lipinski definition) is 3. The number of ether oxygens (including phenoxy) is 2. The van der Waals surface area contributed by atoms with Crippen molar-refractivity contribution in [1.29, 1.82) is 0 Å². The van der Waals surface area contributed by atoms with Crippen LogP contribution in [0.1, 0.15) is 18.6 Å². The minimum atomic E-state index is -0.658. The third-order valence-corrected chi connectivity index (χ3v) is 3.36. The summed E-state index contributed by atoms with van der Waals surface area (Å²) in [6, 6.07) is 13.2. The summed E-state index contributed by atoms with van der Waals surface area (Å²) < 4.78 is 12.2. The van der Waals surface area contributed by atoms with Gasteiger partial charge in [-0.1, -0.05) is 12.1 Å². The molecule has 0 saturated heterocycles. The number of benzene rings is 2. The fourth-order valence-corrected chi connectivity index (χ4v) is 2.37. The molecule has 2 aromatic rings. The standard InChI is InChI=1S/C15H15IO3/c1-10(17)15-13(18-2)7-4-8-14(15)19-12-6-3-5-11(16)9-12/h3-10,17H,1-2H3/t10-/m1/s1. The van der Waals surface area contributed by atoms with Crippen molar-refractivity contribution in [1.82, 2.24) is 0 Å². The second-order valence-corrected chi connectivity index (χ2v) is 5.35. The largest absolute Gasteiger partial charge is 0.496 e. The van der Waals surface area contributed by atoms with Crippen LogP contribution < -0.4 is 9.47 Å². The zero-order valence-electron chi connectivity index (χ0n) is 10.8. The van der Waals surface area contributed by atoms with Crippen LogP contribution in [0.4, 0.5) is 0 Å². The highest BCUT2D eigenvalue weighted by molar-refractivity contribution is 14.1. The van der Waals surface area contributed by atoms with Crippen molar-refractivity contribution in [3.8, 4) is 17.2 Å². The molecule has 2 rings (SSSR count). The first-order valence-electron chi connectivity index (χ1n) is 5.90. The molecule has 0 amide bonds. The second-order valence-electron chi connectivity index (χ2n) is 4.11. The van der Waals surface area contributed by atoms with E-state index in [0.717, 1.165) is 9.32 Å². The number of halogens is 1. The van der Waals surface area contributed by atoms with Crippen LogP contribution in [0.2, 0.25) is 0 Å². The van der Waals surface area contributed by atoms with E-state index < -0.39 is 6.10 Å². The highest BCUT2D eigenvalue weighted by Crippen LogP contribution is 2.36. The summed E-state index contributed by atoms with van der Waals surface area (Å²) in [5.74, 6) is 1.97. The second kappa shape index (κ2) is 6.25. The van der Waals surface area contributed by atoms with Gasteiger partial charge >= 0.3 is 0 Å². The number of hydrogen-bond donors (Lipinski definition) is 1. The summed E-state index contributed by atoms with van der Waals surface area (Å²) in [7, 11) is 1.58. The monoisotopic (exact) mass is 370 g/mol. The molecule has 0 fully saturated rings. The van der Waals surface area contributed by atoms with Crippen molar-refractivity contribution >= 4 is 22.6 Å². The summed E-state index contributed by atoms with van der Waals surface area (Å²) in [6.45, 7) is 1.69. The third kappa shape index (κ3) is 3.39. The highest BCUT2D eigenvalue weighted by atomic mass is 127. The van der Waals surface area contributed by atoms with Gasteiger partial charge in [0.05, 0.1) is 18.8 Å². The zero-order valence-corrected chi connectivity index (χ0v) is 12.9. The number of methoxy groups -OCH3 is 1. The fourth-order valence-electron chi connectivity index (χ4n) is 1.86. The van der Waals surface area contributed by atoms with Gasteiger partial charge in [0.2, 0.25) is 0 Å². The summed E-state index contributed by atoms with van der Waals surface area (Å²) in [6.07, 6.45) is -0.658. The molecule has 1 N–H and O–H groups in total. The smallest absolute Gasteiger partial charge is 0.136 e. The molecule has 2 aromatic carbocycles. The third-order valence-electron chi connectivity index (χ3n) is 2.69. The average Bonchev–Trinajstić information content (AvgIpc) is 2.38. The van der Waals surface area contributed by atoms with Gasteiger partial charge in [0.25, 0.3) is 0 Å². The minimum Gasteiger partial charge on any atom is -0.496 e. The Morgan fingerprint density at radius 1 is 1.11 bits per heavy atom. The summed E-state index contributed by atoms with van der Waals surface area (Å²) in [5.41, 5.74) is 0.656. The Kier molecular flexibility index (Phi) is 4.66. The van der Waals surface area contributed by atoms with Crippen molar-refractivity contribution in [3.63, 3.8) is 0 Å². The number of aliphatic hydroxyl groups is 1. The van der Waals surface area contributed by atoms with E-state index in [0.29, 0.717) is 17.1 Å². The average molecular weight is 370 g/mol. The zero-order chi connectivity index (χ0) is 13.8. The Labute approximate surface area is 126 Å². The molecule has 0 bridgehead atoms. The molecule has 0 aliphatic rings. The van der Waals surface area contributed by atoms with Crippen LogP contribution in [0.5, 0.6) is 17.2 Å². The van der Waals surface area contributed by atoms with Gasteiger partial charge in [0.1, 0.15) is 17.2 Å². The maximum atomic E-state index is 9.89. The molecule has 0 saturated carbocycles. The number of aliphatic hydroxyl groups excluding tert-OH is 1. The van der Waals surface area contributed by atoms with Gasteiger partial charge in [-0.05, 0) is 59.8 Å². The van der Waals surface area contributed by atoms with E-state index in [1.165, 1.54) is 0 Å². The van der Waals surface area contributed by atoms with Crippen LogP contribution in [-0.2, 0) is 0 Å². The highest BCUT2D eigenvalue weighted by Gasteiger charge is 2.15. The molecule has 0 spiro atoms. The van der Waals surface area contributed by atoms with Crippen LogP contribution in [0.25, 0.3) is 0 Å². The van der Waals surface area contributed by atoms with E-state index in [9.17, 15) is 5.11 Å². The summed E-state index contributed by atoms with van der Waals surface area (Å²) in [5, 5.41) is 9.89. The SMILES string of the molecule is COc1cccc(Oc2cccc(I)c2)c1[C@@H](C)O. The van der Waals surface area contributed by atoms with Crippen LogP contribution in [0.15, 0.2) is 42.5 Å². The van der Waals surface area contributed by atoms with Crippen molar-refractivity contribution in [3.05, 3.63) is 51.6 Å². The molecular weight excluding hydrogens is 355 g/mol. The maximum absolute atomic E-state index is 9.89. The molecule has 4 heteroatoms. The molecule has 3 nitrogen and oxygen atoms in total. The van der Waals surface area contributed by atoms with Gasteiger partial charge in [-0.3, -0.25) is 0 Å². The van der Waals surface area contributed by atoms with Crippen LogP contribution in [-0.4, -0.2) is 12.2 Å².